The Bertz CT molecular complexity index is 1950. The van der Waals surface area contributed by atoms with Gasteiger partial charge in [-0.2, -0.15) is 0 Å². The summed E-state index contributed by atoms with van der Waals surface area (Å²) in [6.07, 6.45) is -1.61. The molecule has 3 aromatic rings. The minimum absolute atomic E-state index is 0.00333. The molecule has 23 heteroatoms. The molecule has 55 heavy (non-hydrogen) atoms. The number of aryl methyl sites for hydroxylation is 1. The van der Waals surface area contributed by atoms with Crippen molar-refractivity contribution >= 4 is 92.6 Å². The molecule has 0 unspecified atom stereocenters. The van der Waals surface area contributed by atoms with Crippen LogP contribution >= 0.6 is 68.7 Å². The number of hydrogen-bond acceptors (Lipinski definition) is 12. The van der Waals surface area contributed by atoms with E-state index in [0.29, 0.717) is 14.4 Å². The summed E-state index contributed by atoms with van der Waals surface area (Å²) in [5.41, 5.74) is 0.0300. The molecule has 0 saturated carbocycles. The number of H-pyrrole nitrogens is 1. The van der Waals surface area contributed by atoms with Crippen molar-refractivity contribution in [3.63, 3.8) is 0 Å². The maximum atomic E-state index is 14.7. The van der Waals surface area contributed by atoms with Crippen LogP contribution in [0.4, 0.5) is 38.8 Å². The topological polar surface area (TPSA) is 150 Å². The molecule has 5 heterocycles. The first-order chi connectivity index (χ1) is 25.2. The fraction of sp³-hybridized carbons (Fsp3) is 0.594. The molecule has 0 spiro atoms. The summed E-state index contributed by atoms with van der Waals surface area (Å²) in [5.74, 6) is -6.16. The zero-order valence-electron chi connectivity index (χ0n) is 30.8. The highest BCUT2D eigenvalue weighted by Gasteiger charge is 2.42. The first-order valence-electron chi connectivity index (χ1n) is 16.5. The Balaban J connectivity index is 0.000000249. The van der Waals surface area contributed by atoms with Crippen molar-refractivity contribution in [2.45, 2.75) is 71.5 Å². The van der Waals surface area contributed by atoms with Gasteiger partial charge in [-0.05, 0) is 48.5 Å². The van der Waals surface area contributed by atoms with Gasteiger partial charge < -0.3 is 34.1 Å². The lowest BCUT2D eigenvalue weighted by molar-refractivity contribution is -0.0285. The molecule has 0 radical (unpaired) electrons. The van der Waals surface area contributed by atoms with E-state index in [1.165, 1.54) is 21.1 Å². The minimum Gasteiger partial charge on any atom is -0.444 e. The molecule has 0 aliphatic carbocycles. The van der Waals surface area contributed by atoms with Gasteiger partial charge in [0.05, 0.1) is 42.3 Å². The molecule has 0 atom stereocenters. The number of aromatic amines is 1. The van der Waals surface area contributed by atoms with Gasteiger partial charge in [0.2, 0.25) is 0 Å². The summed E-state index contributed by atoms with van der Waals surface area (Å²) in [6.45, 7) is 8.95. The maximum absolute atomic E-state index is 14.7. The highest BCUT2D eigenvalue weighted by atomic mass is 127. The molecule has 5 rings (SSSR count). The Hall–Kier alpha value is -2.95. The molecule has 2 aliphatic heterocycles. The molecular weight excluding hydrogens is 932 g/mol. The average molecular weight is 971 g/mol. The maximum Gasteiger partial charge on any atom is 0.410 e. The van der Waals surface area contributed by atoms with E-state index in [-0.39, 0.29) is 58.8 Å². The van der Waals surface area contributed by atoms with Crippen LogP contribution < -0.4 is 15.4 Å². The Labute approximate surface area is 347 Å². The number of anilines is 2. The molecule has 2 fully saturated rings. The van der Waals surface area contributed by atoms with Crippen molar-refractivity contribution in [2.75, 3.05) is 62.2 Å². The van der Waals surface area contributed by atoms with Gasteiger partial charge in [0.25, 0.3) is 17.4 Å². The first kappa shape index (κ1) is 44.8. The van der Waals surface area contributed by atoms with Crippen molar-refractivity contribution in [1.82, 2.24) is 34.7 Å². The summed E-state index contributed by atoms with van der Waals surface area (Å²) in [5, 5.41) is -0.293. The average Bonchev–Trinajstić information content (AvgIpc) is 3.29. The Morgan fingerprint density at radius 1 is 0.800 bits per heavy atom. The molecule has 14 nitrogen and oxygen atoms in total. The molecule has 0 aromatic carbocycles. The van der Waals surface area contributed by atoms with Gasteiger partial charge in [0.15, 0.2) is 26.4 Å². The number of hydrogen-bond donors (Lipinski definition) is 1. The van der Waals surface area contributed by atoms with Gasteiger partial charge >= 0.3 is 12.2 Å². The second kappa shape index (κ2) is 17.3. The zero-order valence-corrected chi connectivity index (χ0v) is 36.0. The van der Waals surface area contributed by atoms with Crippen LogP contribution in [0.2, 0.25) is 15.2 Å². The van der Waals surface area contributed by atoms with E-state index >= 15 is 0 Å². The van der Waals surface area contributed by atoms with E-state index < -0.39 is 67.0 Å². The number of ether oxygens (including phenoxy) is 2. The SMILES string of the molecule is CC(C)(C)OC(=O)N1CCN(c2nc(I)nc(Cl)c2Cl)CC(F)(F)C1.Cc1ncsc1-c1nc(N2CCN(C(=O)OC(C)(C)C)CC(F)(F)C2)c(Cl)c(=O)[nH]1. The Morgan fingerprint density at radius 3 is 1.71 bits per heavy atom. The van der Waals surface area contributed by atoms with Gasteiger partial charge in [-0.15, -0.1) is 11.3 Å². The van der Waals surface area contributed by atoms with Crippen LogP contribution in [0.3, 0.4) is 0 Å². The normalized spacial score (nSPS) is 17.5. The van der Waals surface area contributed by atoms with Crippen LogP contribution in [0, 0.1) is 10.8 Å². The monoisotopic (exact) mass is 969 g/mol. The van der Waals surface area contributed by atoms with Crippen molar-refractivity contribution in [3.8, 4) is 10.7 Å². The summed E-state index contributed by atoms with van der Waals surface area (Å²) < 4.78 is 68.7. The van der Waals surface area contributed by atoms with Crippen LogP contribution in [0.1, 0.15) is 47.2 Å². The number of halogens is 8. The van der Waals surface area contributed by atoms with E-state index in [0.717, 1.165) is 9.80 Å². The first-order valence-corrected chi connectivity index (χ1v) is 19.6. The molecule has 0 bridgehead atoms. The molecule has 2 amide bonds. The Morgan fingerprint density at radius 2 is 1.27 bits per heavy atom. The van der Waals surface area contributed by atoms with Crippen molar-refractivity contribution in [2.24, 2.45) is 0 Å². The largest absolute Gasteiger partial charge is 0.444 e. The van der Waals surface area contributed by atoms with E-state index in [2.05, 4.69) is 24.9 Å². The van der Waals surface area contributed by atoms with Crippen molar-refractivity contribution < 1.29 is 36.6 Å². The van der Waals surface area contributed by atoms with E-state index in [9.17, 15) is 31.9 Å². The number of rotatable bonds is 3. The van der Waals surface area contributed by atoms with Gasteiger partial charge in [-0.3, -0.25) is 4.79 Å². The summed E-state index contributed by atoms with van der Waals surface area (Å²) in [4.78, 5) is 60.9. The highest BCUT2D eigenvalue weighted by molar-refractivity contribution is 14.1. The lowest BCUT2D eigenvalue weighted by Gasteiger charge is -2.27. The molecule has 3 aromatic heterocycles. The fourth-order valence-electron chi connectivity index (χ4n) is 5.23. The van der Waals surface area contributed by atoms with Gasteiger partial charge in [0.1, 0.15) is 21.2 Å². The zero-order chi connectivity index (χ0) is 41.3. The number of thiazole rings is 1. The van der Waals surface area contributed by atoms with Crippen LogP contribution in [0.15, 0.2) is 10.3 Å². The van der Waals surface area contributed by atoms with E-state index in [4.69, 9.17) is 44.3 Å². The molecule has 2 saturated heterocycles. The number of amides is 2. The van der Waals surface area contributed by atoms with E-state index in [1.807, 2.05) is 22.6 Å². The summed E-state index contributed by atoms with van der Waals surface area (Å²) in [6, 6.07) is 0. The molecule has 2 aliphatic rings. The van der Waals surface area contributed by atoms with Crippen molar-refractivity contribution in [3.05, 3.63) is 40.6 Å². The van der Waals surface area contributed by atoms with Gasteiger partial charge in [-0.25, -0.2) is 47.1 Å². The molecule has 1 N–H and O–H groups in total. The smallest absolute Gasteiger partial charge is 0.410 e. The second-order valence-corrected chi connectivity index (χ2v) is 17.5. The van der Waals surface area contributed by atoms with Gasteiger partial charge in [-0.1, -0.05) is 34.8 Å². The van der Waals surface area contributed by atoms with Gasteiger partial charge in [0, 0.05) is 48.8 Å². The third-order valence-corrected chi connectivity index (χ3v) is 9.92. The fourth-order valence-corrected chi connectivity index (χ4v) is 7.17. The van der Waals surface area contributed by atoms with Crippen LogP contribution in [0.5, 0.6) is 0 Å². The highest BCUT2D eigenvalue weighted by Crippen LogP contribution is 2.34. The Kier molecular flexibility index (Phi) is 14.1. The minimum atomic E-state index is -3.26. The number of nitrogens with zero attached hydrogens (tertiary/aromatic N) is 8. The lowest BCUT2D eigenvalue weighted by Crippen LogP contribution is -2.44. The third-order valence-electron chi connectivity index (χ3n) is 7.44. The number of nitrogens with one attached hydrogen (secondary N) is 1. The number of carbonyl (C=O) groups is 2. The summed E-state index contributed by atoms with van der Waals surface area (Å²) in [7, 11) is 0. The standard InChI is InChI=1S/C18H22ClF2N5O3S.C14H17Cl2F2IN4O2/c1-10-12(30-9-22-10)13-23-14(11(19)15(27)24-13)25-5-6-26(8-18(20,21)7-25)16(28)29-17(2,3)4;1-13(2,3)25-12(24)23-5-4-22(6-14(17,18)7-23)10-8(15)9(16)20-11(19)21-10/h9H,5-8H2,1-4H3,(H,23,24,27);4-7H2,1-3H3. The number of carbonyl (C=O) groups excluding carboxylic acids is 2. The molecule has 304 valence electrons. The predicted molar refractivity (Wildman–Crippen MR) is 210 cm³/mol. The second-order valence-electron chi connectivity index (χ2n) is 14.6. The third kappa shape index (κ3) is 12.5. The quantitative estimate of drug-likeness (QED) is 0.120. The van der Waals surface area contributed by atoms with Crippen LogP contribution in [-0.2, 0) is 9.47 Å². The van der Waals surface area contributed by atoms with Crippen LogP contribution in [-0.4, -0.2) is 122 Å². The van der Waals surface area contributed by atoms with Crippen molar-refractivity contribution in [1.29, 1.82) is 0 Å². The van der Waals surface area contributed by atoms with Crippen LogP contribution in [0.25, 0.3) is 10.7 Å². The molecular formula is C32H39Cl3F4IN9O5S. The van der Waals surface area contributed by atoms with E-state index in [1.54, 1.807) is 54.0 Å². The predicted octanol–water partition coefficient (Wildman–Crippen LogP) is 7.63. The summed E-state index contributed by atoms with van der Waals surface area (Å²) >= 11 is 21.2. The number of aromatic nitrogens is 5. The number of alkyl halides is 4. The lowest BCUT2D eigenvalue weighted by atomic mass is 10.2.